The van der Waals surface area contributed by atoms with Crippen LogP contribution in [0.15, 0.2) is 60.8 Å². The average molecular weight is 407 g/mol. The zero-order valence-corrected chi connectivity index (χ0v) is 17.5. The standard InChI is InChI=1S/C24H30N4O2/c1-19(20-5-3-2-4-6-20)18-25-24(29)26-22-7-8-23-21(17-22)9-10-28(23)12-11-27-13-15-30-16-14-27/h2-10,17,19H,11-16,18H2,1H3,(H2,25,26,29). The number of ether oxygens (including phenoxy) is 1. The summed E-state index contributed by atoms with van der Waals surface area (Å²) < 4.78 is 7.69. The molecule has 2 N–H and O–H groups in total. The van der Waals surface area contributed by atoms with Crippen molar-refractivity contribution in [2.75, 3.05) is 44.7 Å². The maximum absolute atomic E-state index is 12.3. The molecule has 2 amide bonds. The van der Waals surface area contributed by atoms with E-state index in [0.29, 0.717) is 6.54 Å². The molecule has 2 aromatic carbocycles. The summed E-state index contributed by atoms with van der Waals surface area (Å²) in [5.74, 6) is 0.264. The minimum Gasteiger partial charge on any atom is -0.379 e. The molecule has 0 radical (unpaired) electrons. The number of rotatable bonds is 7. The molecule has 0 saturated carbocycles. The summed E-state index contributed by atoms with van der Waals surface area (Å²) in [6.07, 6.45) is 2.12. The number of benzene rings is 2. The molecule has 0 aliphatic carbocycles. The number of hydrogen-bond acceptors (Lipinski definition) is 3. The van der Waals surface area contributed by atoms with E-state index < -0.39 is 0 Å². The van der Waals surface area contributed by atoms with Crippen molar-refractivity contribution < 1.29 is 9.53 Å². The Morgan fingerprint density at radius 1 is 1.07 bits per heavy atom. The van der Waals surface area contributed by atoms with Gasteiger partial charge in [0.25, 0.3) is 0 Å². The van der Waals surface area contributed by atoms with Crippen LogP contribution in [0, 0.1) is 0 Å². The van der Waals surface area contributed by atoms with Crippen molar-refractivity contribution in [3.63, 3.8) is 0 Å². The monoisotopic (exact) mass is 406 g/mol. The maximum atomic E-state index is 12.3. The van der Waals surface area contributed by atoms with Crippen molar-refractivity contribution in [3.8, 4) is 0 Å². The van der Waals surface area contributed by atoms with Crippen LogP contribution in [-0.2, 0) is 11.3 Å². The number of fused-ring (bicyclic) bond motifs is 1. The van der Waals surface area contributed by atoms with E-state index in [1.807, 2.05) is 30.3 Å². The van der Waals surface area contributed by atoms with Crippen molar-refractivity contribution in [1.29, 1.82) is 0 Å². The van der Waals surface area contributed by atoms with E-state index in [2.05, 4.69) is 57.5 Å². The number of hydrogen-bond donors (Lipinski definition) is 2. The summed E-state index contributed by atoms with van der Waals surface area (Å²) in [5.41, 5.74) is 3.21. The highest BCUT2D eigenvalue weighted by Crippen LogP contribution is 2.21. The molecule has 1 aliphatic heterocycles. The SMILES string of the molecule is CC(CNC(=O)Nc1ccc2c(ccn2CCN2CCOCC2)c1)c1ccccc1. The van der Waals surface area contributed by atoms with E-state index in [1.54, 1.807) is 0 Å². The van der Waals surface area contributed by atoms with Gasteiger partial charge >= 0.3 is 6.03 Å². The van der Waals surface area contributed by atoms with E-state index in [-0.39, 0.29) is 11.9 Å². The van der Waals surface area contributed by atoms with Gasteiger partial charge < -0.3 is 19.9 Å². The van der Waals surface area contributed by atoms with Gasteiger partial charge in [0, 0.05) is 55.5 Å². The first-order valence-corrected chi connectivity index (χ1v) is 10.7. The average Bonchev–Trinajstić information content (AvgIpc) is 3.19. The number of carbonyl (C=O) groups excluding carboxylic acids is 1. The zero-order chi connectivity index (χ0) is 20.8. The third-order valence-corrected chi connectivity index (χ3v) is 5.73. The van der Waals surface area contributed by atoms with Crippen LogP contribution in [0.25, 0.3) is 10.9 Å². The van der Waals surface area contributed by atoms with E-state index >= 15 is 0 Å². The van der Waals surface area contributed by atoms with Crippen molar-refractivity contribution >= 4 is 22.6 Å². The van der Waals surface area contributed by atoms with Gasteiger partial charge in [-0.3, -0.25) is 4.90 Å². The minimum absolute atomic E-state index is 0.177. The maximum Gasteiger partial charge on any atom is 0.319 e. The largest absolute Gasteiger partial charge is 0.379 e. The molecule has 158 valence electrons. The molecular weight excluding hydrogens is 376 g/mol. The molecule has 6 nitrogen and oxygen atoms in total. The number of urea groups is 1. The first kappa shape index (κ1) is 20.4. The minimum atomic E-state index is -0.177. The summed E-state index contributed by atoms with van der Waals surface area (Å²) >= 11 is 0. The third kappa shape index (κ3) is 5.20. The first-order valence-electron chi connectivity index (χ1n) is 10.7. The van der Waals surface area contributed by atoms with Crippen molar-refractivity contribution in [3.05, 3.63) is 66.4 Å². The fourth-order valence-electron chi connectivity index (χ4n) is 3.87. The van der Waals surface area contributed by atoms with Gasteiger partial charge in [0.05, 0.1) is 13.2 Å². The van der Waals surface area contributed by atoms with Crippen molar-refractivity contribution in [1.82, 2.24) is 14.8 Å². The summed E-state index contributed by atoms with van der Waals surface area (Å²) in [6.45, 7) is 8.35. The Morgan fingerprint density at radius 2 is 1.87 bits per heavy atom. The molecule has 4 rings (SSSR count). The highest BCUT2D eigenvalue weighted by Gasteiger charge is 2.11. The topological polar surface area (TPSA) is 58.5 Å². The van der Waals surface area contributed by atoms with Crippen molar-refractivity contribution in [2.45, 2.75) is 19.4 Å². The smallest absolute Gasteiger partial charge is 0.319 e. The van der Waals surface area contributed by atoms with Gasteiger partial charge in [0.2, 0.25) is 0 Å². The van der Waals surface area contributed by atoms with E-state index in [1.165, 1.54) is 11.1 Å². The second-order valence-electron chi connectivity index (χ2n) is 7.88. The van der Waals surface area contributed by atoms with Gasteiger partial charge in [-0.1, -0.05) is 37.3 Å². The van der Waals surface area contributed by atoms with Gasteiger partial charge in [-0.15, -0.1) is 0 Å². The molecule has 1 aromatic heterocycles. The number of anilines is 1. The molecule has 1 atom stereocenters. The lowest BCUT2D eigenvalue weighted by Crippen LogP contribution is -2.38. The van der Waals surface area contributed by atoms with Gasteiger partial charge in [-0.2, -0.15) is 0 Å². The number of amides is 2. The second kappa shape index (κ2) is 9.78. The van der Waals surface area contributed by atoms with E-state index in [0.717, 1.165) is 50.5 Å². The molecular formula is C24H30N4O2. The Bertz CT molecular complexity index is 964. The molecule has 3 aromatic rings. The van der Waals surface area contributed by atoms with Crippen molar-refractivity contribution in [2.24, 2.45) is 0 Å². The van der Waals surface area contributed by atoms with E-state index in [9.17, 15) is 4.79 Å². The third-order valence-electron chi connectivity index (χ3n) is 5.73. The number of aromatic nitrogens is 1. The Morgan fingerprint density at radius 3 is 2.67 bits per heavy atom. The van der Waals surface area contributed by atoms with Crippen LogP contribution < -0.4 is 10.6 Å². The molecule has 30 heavy (non-hydrogen) atoms. The lowest BCUT2D eigenvalue weighted by molar-refractivity contribution is 0.0365. The fourth-order valence-corrected chi connectivity index (χ4v) is 3.87. The number of nitrogens with zero attached hydrogens (tertiary/aromatic N) is 2. The van der Waals surface area contributed by atoms with Crippen LogP contribution in [-0.4, -0.2) is 54.9 Å². The quantitative estimate of drug-likeness (QED) is 0.626. The van der Waals surface area contributed by atoms with E-state index in [4.69, 9.17) is 4.74 Å². The molecule has 1 fully saturated rings. The van der Waals surface area contributed by atoms with Crippen LogP contribution in [0.2, 0.25) is 0 Å². The molecule has 6 heteroatoms. The zero-order valence-electron chi connectivity index (χ0n) is 17.5. The Hall–Kier alpha value is -2.83. The summed E-state index contributed by atoms with van der Waals surface area (Å²) in [5, 5.41) is 7.05. The summed E-state index contributed by atoms with van der Waals surface area (Å²) in [4.78, 5) is 14.8. The van der Waals surface area contributed by atoms with Crippen LogP contribution >= 0.6 is 0 Å². The molecule has 0 spiro atoms. The van der Waals surface area contributed by atoms with Crippen LogP contribution in [0.1, 0.15) is 18.4 Å². The molecule has 1 unspecified atom stereocenters. The second-order valence-corrected chi connectivity index (χ2v) is 7.88. The Balaban J connectivity index is 1.30. The fraction of sp³-hybridized carbons (Fsp3) is 0.375. The summed E-state index contributed by atoms with van der Waals surface area (Å²) in [7, 11) is 0. The van der Waals surface area contributed by atoms with Gasteiger partial charge in [0.15, 0.2) is 0 Å². The Labute approximate surface area is 177 Å². The van der Waals surface area contributed by atoms with Crippen LogP contribution in [0.5, 0.6) is 0 Å². The van der Waals surface area contributed by atoms with Crippen LogP contribution in [0.3, 0.4) is 0 Å². The predicted molar refractivity (Wildman–Crippen MR) is 121 cm³/mol. The lowest BCUT2D eigenvalue weighted by Gasteiger charge is -2.26. The molecule has 1 aliphatic rings. The molecule has 0 bridgehead atoms. The molecule has 1 saturated heterocycles. The predicted octanol–water partition coefficient (Wildman–Crippen LogP) is 3.90. The van der Waals surface area contributed by atoms with Crippen LogP contribution in [0.4, 0.5) is 10.5 Å². The lowest BCUT2D eigenvalue weighted by atomic mass is 10.0. The number of carbonyl (C=O) groups is 1. The molecule has 2 heterocycles. The van der Waals surface area contributed by atoms with Gasteiger partial charge in [0.1, 0.15) is 0 Å². The number of nitrogens with one attached hydrogen (secondary N) is 2. The van der Waals surface area contributed by atoms with Gasteiger partial charge in [-0.05, 0) is 35.7 Å². The number of morpholine rings is 1. The highest BCUT2D eigenvalue weighted by molar-refractivity contribution is 5.93. The normalized spacial score (nSPS) is 15.8. The Kier molecular flexibility index (Phi) is 6.67. The first-order chi connectivity index (χ1) is 14.7. The van der Waals surface area contributed by atoms with Gasteiger partial charge in [-0.25, -0.2) is 4.79 Å². The highest BCUT2D eigenvalue weighted by atomic mass is 16.5. The summed E-state index contributed by atoms with van der Waals surface area (Å²) in [6, 6.07) is 18.2.